The van der Waals surface area contributed by atoms with Gasteiger partial charge in [-0.3, -0.25) is 10.1 Å². The van der Waals surface area contributed by atoms with E-state index in [0.29, 0.717) is 0 Å². The summed E-state index contributed by atoms with van der Waals surface area (Å²) in [7, 11) is 0. The fourth-order valence-electron chi connectivity index (χ4n) is 0.459. The first kappa shape index (κ1) is 6.60. The van der Waals surface area contributed by atoms with Gasteiger partial charge in [-0.25, -0.2) is 4.98 Å². The molecule has 10 heavy (non-hydrogen) atoms. The second-order valence-electron chi connectivity index (χ2n) is 1.50. The van der Waals surface area contributed by atoms with Crippen LogP contribution >= 0.6 is 0 Å². The molecule has 5 heteroatoms. The van der Waals surface area contributed by atoms with E-state index in [-0.39, 0.29) is 0 Å². The zero-order valence-electron chi connectivity index (χ0n) is 4.74. The van der Waals surface area contributed by atoms with Crippen molar-refractivity contribution in [3.8, 4) is 0 Å². The van der Waals surface area contributed by atoms with E-state index in [9.17, 15) is 14.5 Å². The third-order valence-corrected chi connectivity index (χ3v) is 0.848. The molecule has 0 aliphatic rings. The number of hydrogen-bond donors (Lipinski definition) is 0. The highest BCUT2D eigenvalue weighted by atomic mass is 19.1. The van der Waals surface area contributed by atoms with Gasteiger partial charge in [0.1, 0.15) is 6.07 Å². The summed E-state index contributed by atoms with van der Waals surface area (Å²) in [6.07, 6.45) is 1.02. The monoisotopic (exact) mass is 141 g/mol. The number of rotatable bonds is 1. The molecule has 1 heterocycles. The smallest absolute Gasteiger partial charge is 0.258 e. The highest BCUT2D eigenvalue weighted by molar-refractivity contribution is 5.23. The van der Waals surface area contributed by atoms with Gasteiger partial charge in [0.15, 0.2) is 0 Å². The van der Waals surface area contributed by atoms with Crippen LogP contribution < -0.4 is 0 Å². The van der Waals surface area contributed by atoms with Crippen molar-refractivity contribution in [3.63, 3.8) is 0 Å². The minimum Gasteiger partial charge on any atom is -0.258 e. The van der Waals surface area contributed by atoms with Gasteiger partial charge in [-0.15, -0.1) is 0 Å². The summed E-state index contributed by atoms with van der Waals surface area (Å²) >= 11 is 0. The Morgan fingerprint density at radius 3 is 2.90 bits per heavy atom. The van der Waals surface area contributed by atoms with Gasteiger partial charge in [0.2, 0.25) is 5.95 Å². The molecule has 0 fully saturated rings. The SMILES string of the molecule is O=[N+]([O-])c1[c]c(F)ncc1. The molecule has 0 saturated carbocycles. The summed E-state index contributed by atoms with van der Waals surface area (Å²) in [5.41, 5.74) is -0.410. The lowest BCUT2D eigenvalue weighted by atomic mass is 10.4. The van der Waals surface area contributed by atoms with Gasteiger partial charge < -0.3 is 0 Å². The molecule has 0 bridgehead atoms. The summed E-state index contributed by atoms with van der Waals surface area (Å²) in [4.78, 5) is 12.3. The molecule has 0 amide bonds. The molecule has 51 valence electrons. The molecule has 0 aromatic carbocycles. The van der Waals surface area contributed by atoms with Crippen molar-refractivity contribution >= 4 is 5.69 Å². The molecule has 0 aliphatic carbocycles. The number of halogens is 1. The largest absolute Gasteiger partial charge is 0.283 e. The summed E-state index contributed by atoms with van der Waals surface area (Å²) in [6.45, 7) is 0. The number of nitrogens with zero attached hydrogens (tertiary/aromatic N) is 2. The standard InChI is InChI=1S/C5H2FN2O2/c6-5-3-4(8(9)10)1-2-7-5/h1-2H. The summed E-state index contributed by atoms with van der Waals surface area (Å²) < 4.78 is 12.1. The fraction of sp³-hybridized carbons (Fsp3) is 0. The Labute approximate surface area is 55.5 Å². The number of pyridine rings is 1. The van der Waals surface area contributed by atoms with Gasteiger partial charge in [0.25, 0.3) is 5.69 Å². The maximum atomic E-state index is 12.1. The van der Waals surface area contributed by atoms with E-state index in [2.05, 4.69) is 4.98 Å². The lowest BCUT2D eigenvalue weighted by Gasteiger charge is -1.86. The minimum absolute atomic E-state index is 0.410. The van der Waals surface area contributed by atoms with Crippen LogP contribution in [0.5, 0.6) is 0 Å². The molecule has 0 atom stereocenters. The second kappa shape index (κ2) is 2.38. The Kier molecular flexibility index (Phi) is 1.57. The van der Waals surface area contributed by atoms with Crippen LogP contribution in [0.2, 0.25) is 0 Å². The first-order valence-corrected chi connectivity index (χ1v) is 2.38. The van der Waals surface area contributed by atoms with Gasteiger partial charge >= 0.3 is 0 Å². The van der Waals surface area contributed by atoms with E-state index in [4.69, 9.17) is 0 Å². The Bertz CT molecular complexity index is 264. The van der Waals surface area contributed by atoms with Crippen LogP contribution in [-0.4, -0.2) is 9.91 Å². The van der Waals surface area contributed by atoms with Crippen molar-refractivity contribution in [1.82, 2.24) is 4.98 Å². The van der Waals surface area contributed by atoms with Crippen molar-refractivity contribution < 1.29 is 9.31 Å². The third kappa shape index (κ3) is 1.25. The highest BCUT2D eigenvalue weighted by Gasteiger charge is 2.05. The molecule has 4 nitrogen and oxygen atoms in total. The van der Waals surface area contributed by atoms with Gasteiger partial charge in [-0.1, -0.05) is 0 Å². The van der Waals surface area contributed by atoms with E-state index in [1.807, 2.05) is 6.07 Å². The first-order chi connectivity index (χ1) is 4.70. The molecule has 1 aromatic rings. The van der Waals surface area contributed by atoms with Crippen molar-refractivity contribution in [2.45, 2.75) is 0 Å². The van der Waals surface area contributed by atoms with E-state index in [1.165, 1.54) is 0 Å². The van der Waals surface area contributed by atoms with E-state index in [0.717, 1.165) is 12.3 Å². The predicted octanol–water partition coefficient (Wildman–Crippen LogP) is 0.929. The van der Waals surface area contributed by atoms with Crippen LogP contribution in [0.1, 0.15) is 0 Å². The van der Waals surface area contributed by atoms with Crippen molar-refractivity contribution in [3.05, 3.63) is 34.4 Å². The maximum Gasteiger partial charge on any atom is 0.283 e. The zero-order valence-corrected chi connectivity index (χ0v) is 4.74. The summed E-state index contributed by atoms with van der Waals surface area (Å²) in [5.74, 6) is -0.964. The molecule has 1 aromatic heterocycles. The molecular weight excluding hydrogens is 139 g/mol. The molecular formula is C5H2FN2O2. The van der Waals surface area contributed by atoms with Crippen molar-refractivity contribution in [2.24, 2.45) is 0 Å². The first-order valence-electron chi connectivity index (χ1n) is 2.38. The van der Waals surface area contributed by atoms with E-state index < -0.39 is 16.6 Å². The molecule has 0 unspecified atom stereocenters. The summed E-state index contributed by atoms with van der Waals surface area (Å²) in [6, 6.07) is 2.90. The van der Waals surface area contributed by atoms with Crippen molar-refractivity contribution in [2.75, 3.05) is 0 Å². The third-order valence-electron chi connectivity index (χ3n) is 0.848. The Morgan fingerprint density at radius 1 is 1.80 bits per heavy atom. The second-order valence-corrected chi connectivity index (χ2v) is 1.50. The zero-order chi connectivity index (χ0) is 7.56. The van der Waals surface area contributed by atoms with E-state index >= 15 is 0 Å². The quantitative estimate of drug-likeness (QED) is 0.332. The van der Waals surface area contributed by atoms with Crippen LogP contribution in [0.4, 0.5) is 10.1 Å². The molecule has 1 radical (unpaired) electrons. The molecule has 1 rings (SSSR count). The van der Waals surface area contributed by atoms with Gasteiger partial charge in [-0.2, -0.15) is 4.39 Å². The molecule has 0 aliphatic heterocycles. The lowest BCUT2D eigenvalue weighted by molar-refractivity contribution is -0.385. The lowest BCUT2D eigenvalue weighted by Crippen LogP contribution is -1.90. The molecule has 0 N–H and O–H groups in total. The van der Waals surface area contributed by atoms with Gasteiger partial charge in [0.05, 0.1) is 4.92 Å². The minimum atomic E-state index is -0.964. The topological polar surface area (TPSA) is 56.0 Å². The number of hydrogen-bond acceptors (Lipinski definition) is 3. The molecule has 0 spiro atoms. The predicted molar refractivity (Wildman–Crippen MR) is 29.7 cm³/mol. The van der Waals surface area contributed by atoms with Crippen molar-refractivity contribution in [1.29, 1.82) is 0 Å². The van der Waals surface area contributed by atoms with Crippen LogP contribution in [0.3, 0.4) is 0 Å². The molecule has 0 saturated heterocycles. The Balaban J connectivity index is 3.07. The van der Waals surface area contributed by atoms with E-state index in [1.54, 1.807) is 0 Å². The Morgan fingerprint density at radius 2 is 2.50 bits per heavy atom. The normalized spacial score (nSPS) is 9.30. The van der Waals surface area contributed by atoms with Crippen LogP contribution in [0, 0.1) is 22.1 Å². The van der Waals surface area contributed by atoms with Crippen LogP contribution in [0.15, 0.2) is 12.3 Å². The fourth-order valence-corrected chi connectivity index (χ4v) is 0.459. The van der Waals surface area contributed by atoms with Gasteiger partial charge in [0, 0.05) is 12.3 Å². The maximum absolute atomic E-state index is 12.1. The number of nitro groups is 1. The highest BCUT2D eigenvalue weighted by Crippen LogP contribution is 2.07. The average molecular weight is 141 g/mol. The van der Waals surface area contributed by atoms with Gasteiger partial charge in [-0.05, 0) is 0 Å². The van der Waals surface area contributed by atoms with Crippen LogP contribution in [0.25, 0.3) is 0 Å². The van der Waals surface area contributed by atoms with Crippen LogP contribution in [-0.2, 0) is 0 Å². The number of aromatic nitrogens is 1. The average Bonchev–Trinajstić information content (AvgIpc) is 1.88. The Hall–Kier alpha value is -1.52. The summed E-state index contributed by atoms with van der Waals surface area (Å²) in [5, 5.41) is 9.93.